The van der Waals surface area contributed by atoms with E-state index in [9.17, 15) is 9.59 Å². The predicted octanol–water partition coefficient (Wildman–Crippen LogP) is 1.82. The van der Waals surface area contributed by atoms with Gasteiger partial charge in [-0.3, -0.25) is 9.59 Å². The summed E-state index contributed by atoms with van der Waals surface area (Å²) in [5, 5.41) is 2.66. The van der Waals surface area contributed by atoms with E-state index in [2.05, 4.69) is 10.3 Å². The number of nitrogens with one attached hydrogen (secondary N) is 1. The molecule has 2 heterocycles. The zero-order valence-electron chi connectivity index (χ0n) is 12.2. The van der Waals surface area contributed by atoms with Gasteiger partial charge in [-0.05, 0) is 32.0 Å². The Balaban J connectivity index is 2.23. The second-order valence-electron chi connectivity index (χ2n) is 4.84. The zero-order chi connectivity index (χ0) is 15.4. The van der Waals surface area contributed by atoms with Crippen LogP contribution in [0.2, 0.25) is 0 Å². The molecule has 110 valence electrons. The van der Waals surface area contributed by atoms with E-state index in [0.717, 1.165) is 0 Å². The fourth-order valence-corrected chi connectivity index (χ4v) is 1.70. The molecule has 0 aliphatic heterocycles. The van der Waals surface area contributed by atoms with E-state index in [1.54, 1.807) is 37.6 Å². The lowest BCUT2D eigenvalue weighted by atomic mass is 10.2. The average molecular weight is 287 g/mol. The molecule has 0 unspecified atom stereocenters. The van der Waals surface area contributed by atoms with Gasteiger partial charge in [-0.15, -0.1) is 0 Å². The number of rotatable bonds is 4. The molecular weight excluding hydrogens is 270 g/mol. The van der Waals surface area contributed by atoms with Gasteiger partial charge in [-0.2, -0.15) is 0 Å². The normalized spacial score (nSPS) is 10.5. The number of anilines is 1. The zero-order valence-corrected chi connectivity index (χ0v) is 12.2. The molecule has 0 aromatic carbocycles. The van der Waals surface area contributed by atoms with Crippen molar-refractivity contribution in [2.75, 3.05) is 5.32 Å². The van der Waals surface area contributed by atoms with Gasteiger partial charge in [0.25, 0.3) is 11.5 Å². The molecule has 0 atom stereocenters. The second kappa shape index (κ2) is 6.21. The second-order valence-corrected chi connectivity index (χ2v) is 4.84. The number of aryl methyl sites for hydroxylation is 1. The minimum absolute atomic E-state index is 0.0335. The maximum atomic E-state index is 12.2. The summed E-state index contributed by atoms with van der Waals surface area (Å²) >= 11 is 0. The van der Waals surface area contributed by atoms with Crippen LogP contribution in [0.5, 0.6) is 5.75 Å². The fraction of sp³-hybridized carbons (Fsp3) is 0.267. The van der Waals surface area contributed by atoms with Crippen LogP contribution >= 0.6 is 0 Å². The number of carbonyl (C=O) groups excluding carboxylic acids is 1. The van der Waals surface area contributed by atoms with E-state index in [0.29, 0.717) is 11.6 Å². The number of ether oxygens (including phenoxy) is 1. The first-order valence-electron chi connectivity index (χ1n) is 6.57. The van der Waals surface area contributed by atoms with Gasteiger partial charge < -0.3 is 14.6 Å². The van der Waals surface area contributed by atoms with Crippen molar-refractivity contribution in [2.45, 2.75) is 20.0 Å². The van der Waals surface area contributed by atoms with E-state index in [-0.39, 0.29) is 17.2 Å². The van der Waals surface area contributed by atoms with Crippen LogP contribution in [0.4, 0.5) is 5.82 Å². The average Bonchev–Trinajstić information content (AvgIpc) is 2.43. The molecule has 0 aliphatic carbocycles. The highest BCUT2D eigenvalue weighted by atomic mass is 16.5. The number of carbonyl (C=O) groups is 1. The van der Waals surface area contributed by atoms with E-state index >= 15 is 0 Å². The van der Waals surface area contributed by atoms with E-state index < -0.39 is 5.91 Å². The molecule has 6 heteroatoms. The lowest BCUT2D eigenvalue weighted by Gasteiger charge is -2.13. The van der Waals surface area contributed by atoms with Crippen molar-refractivity contribution in [3.05, 3.63) is 52.6 Å². The SMILES string of the molecule is CC(C)Oc1cccnc1NC(=O)c1ccn(C)c(=O)c1. The van der Waals surface area contributed by atoms with Gasteiger partial charge in [-0.25, -0.2) is 4.98 Å². The van der Waals surface area contributed by atoms with E-state index in [1.165, 1.54) is 10.6 Å². The number of aromatic nitrogens is 2. The Labute approximate surface area is 122 Å². The third-order valence-corrected chi connectivity index (χ3v) is 2.73. The number of hydrogen-bond donors (Lipinski definition) is 1. The summed E-state index contributed by atoms with van der Waals surface area (Å²) in [6, 6.07) is 6.31. The van der Waals surface area contributed by atoms with Crippen molar-refractivity contribution in [2.24, 2.45) is 7.05 Å². The third-order valence-electron chi connectivity index (χ3n) is 2.73. The van der Waals surface area contributed by atoms with Gasteiger partial charge in [0.1, 0.15) is 0 Å². The molecule has 2 aromatic rings. The van der Waals surface area contributed by atoms with Gasteiger partial charge in [0.05, 0.1) is 6.10 Å². The molecule has 0 saturated carbocycles. The van der Waals surface area contributed by atoms with Crippen molar-refractivity contribution in [3.8, 4) is 5.75 Å². The summed E-state index contributed by atoms with van der Waals surface area (Å²) < 4.78 is 6.98. The first-order chi connectivity index (χ1) is 9.97. The maximum absolute atomic E-state index is 12.2. The highest BCUT2D eigenvalue weighted by Gasteiger charge is 2.12. The van der Waals surface area contributed by atoms with Gasteiger partial charge in [0, 0.05) is 31.1 Å². The lowest BCUT2D eigenvalue weighted by molar-refractivity contribution is 0.102. The number of hydrogen-bond acceptors (Lipinski definition) is 4. The summed E-state index contributed by atoms with van der Waals surface area (Å²) in [6.45, 7) is 3.78. The van der Waals surface area contributed by atoms with Crippen LogP contribution in [-0.2, 0) is 7.05 Å². The minimum Gasteiger partial charge on any atom is -0.487 e. The summed E-state index contributed by atoms with van der Waals surface area (Å²) in [5.74, 6) is 0.418. The summed E-state index contributed by atoms with van der Waals surface area (Å²) in [7, 11) is 1.62. The Morgan fingerprint density at radius 1 is 1.38 bits per heavy atom. The molecule has 6 nitrogen and oxygen atoms in total. The first-order valence-corrected chi connectivity index (χ1v) is 6.57. The van der Waals surface area contributed by atoms with Gasteiger partial charge in [0.2, 0.25) is 0 Å². The molecule has 2 rings (SSSR count). The van der Waals surface area contributed by atoms with Gasteiger partial charge in [0.15, 0.2) is 11.6 Å². The van der Waals surface area contributed by atoms with Crippen LogP contribution in [0.1, 0.15) is 24.2 Å². The Bertz CT molecular complexity index is 707. The van der Waals surface area contributed by atoms with Crippen molar-refractivity contribution in [3.63, 3.8) is 0 Å². The van der Waals surface area contributed by atoms with Crippen LogP contribution in [0.3, 0.4) is 0 Å². The Morgan fingerprint density at radius 3 is 2.81 bits per heavy atom. The van der Waals surface area contributed by atoms with Crippen LogP contribution in [0, 0.1) is 0 Å². The third kappa shape index (κ3) is 3.68. The lowest BCUT2D eigenvalue weighted by Crippen LogP contribution is -2.20. The first kappa shape index (κ1) is 14.8. The fourth-order valence-electron chi connectivity index (χ4n) is 1.70. The molecule has 0 fully saturated rings. The van der Waals surface area contributed by atoms with E-state index in [4.69, 9.17) is 4.74 Å². The molecule has 1 N–H and O–H groups in total. The molecule has 0 saturated heterocycles. The molecule has 0 bridgehead atoms. The van der Waals surface area contributed by atoms with Crippen molar-refractivity contribution in [1.82, 2.24) is 9.55 Å². The largest absolute Gasteiger partial charge is 0.487 e. The Morgan fingerprint density at radius 2 is 2.14 bits per heavy atom. The smallest absolute Gasteiger partial charge is 0.257 e. The van der Waals surface area contributed by atoms with Crippen molar-refractivity contribution >= 4 is 11.7 Å². The number of amides is 1. The molecule has 0 radical (unpaired) electrons. The molecule has 2 aromatic heterocycles. The summed E-state index contributed by atoms with van der Waals surface area (Å²) in [6.07, 6.45) is 3.07. The highest BCUT2D eigenvalue weighted by Crippen LogP contribution is 2.22. The summed E-state index contributed by atoms with van der Waals surface area (Å²) in [5.41, 5.74) is 0.0292. The maximum Gasteiger partial charge on any atom is 0.257 e. The van der Waals surface area contributed by atoms with Crippen molar-refractivity contribution in [1.29, 1.82) is 0 Å². The summed E-state index contributed by atoms with van der Waals surface area (Å²) in [4.78, 5) is 27.8. The standard InChI is InChI=1S/C15H17N3O3/c1-10(2)21-12-5-4-7-16-14(12)17-15(20)11-6-8-18(3)13(19)9-11/h4-10H,1-3H3,(H,16,17,20). The van der Waals surface area contributed by atoms with Crippen LogP contribution in [0.25, 0.3) is 0 Å². The molecular formula is C15H17N3O3. The highest BCUT2D eigenvalue weighted by molar-refractivity contribution is 6.04. The monoisotopic (exact) mass is 287 g/mol. The topological polar surface area (TPSA) is 73.2 Å². The minimum atomic E-state index is -0.403. The quantitative estimate of drug-likeness (QED) is 0.931. The molecule has 1 amide bonds. The molecule has 0 spiro atoms. The van der Waals surface area contributed by atoms with Gasteiger partial charge >= 0.3 is 0 Å². The molecule has 0 aliphatic rings. The van der Waals surface area contributed by atoms with E-state index in [1.807, 2.05) is 13.8 Å². The van der Waals surface area contributed by atoms with Crippen LogP contribution in [0.15, 0.2) is 41.5 Å². The Kier molecular flexibility index (Phi) is 4.37. The predicted molar refractivity (Wildman–Crippen MR) is 79.6 cm³/mol. The van der Waals surface area contributed by atoms with Crippen LogP contribution in [-0.4, -0.2) is 21.6 Å². The van der Waals surface area contributed by atoms with Crippen LogP contribution < -0.4 is 15.6 Å². The Hall–Kier alpha value is -2.63. The van der Waals surface area contributed by atoms with Crippen molar-refractivity contribution < 1.29 is 9.53 Å². The number of nitrogens with zero attached hydrogens (tertiary/aromatic N) is 2. The number of pyridine rings is 2. The molecule has 21 heavy (non-hydrogen) atoms. The van der Waals surface area contributed by atoms with Gasteiger partial charge in [-0.1, -0.05) is 0 Å².